The monoisotopic (exact) mass is 275 g/mol. The Morgan fingerprint density at radius 2 is 1.95 bits per heavy atom. The van der Waals surface area contributed by atoms with Gasteiger partial charge in [0.25, 0.3) is 0 Å². The zero-order valence-corrected chi connectivity index (χ0v) is 12.2. The van der Waals surface area contributed by atoms with E-state index in [2.05, 4.69) is 46.3 Å². The fourth-order valence-corrected chi connectivity index (χ4v) is 3.35. The van der Waals surface area contributed by atoms with Gasteiger partial charge >= 0.3 is 0 Å². The molecule has 0 bridgehead atoms. The van der Waals surface area contributed by atoms with Crippen molar-refractivity contribution in [2.24, 2.45) is 0 Å². The summed E-state index contributed by atoms with van der Waals surface area (Å²) < 4.78 is 0. The summed E-state index contributed by atoms with van der Waals surface area (Å²) in [6, 6.07) is 9.18. The molecule has 19 heavy (non-hydrogen) atoms. The van der Waals surface area contributed by atoms with E-state index >= 15 is 0 Å². The number of rotatable bonds is 2. The van der Waals surface area contributed by atoms with Crippen LogP contribution in [-0.2, 0) is 0 Å². The normalized spacial score (nSPS) is 21.7. The Bertz CT molecular complexity index is 468. The maximum atomic E-state index is 5.48. The summed E-state index contributed by atoms with van der Waals surface area (Å²) in [5.74, 6) is 0. The molecule has 1 aliphatic heterocycles. The molecule has 0 radical (unpaired) electrons. The average molecular weight is 275 g/mol. The molecule has 1 N–H and O–H groups in total. The summed E-state index contributed by atoms with van der Waals surface area (Å²) in [5.41, 5.74) is 2.50. The van der Waals surface area contributed by atoms with Crippen LogP contribution in [0.2, 0.25) is 0 Å². The minimum absolute atomic E-state index is 0.724. The molecule has 3 nitrogen and oxygen atoms in total. The second-order valence-electron chi connectivity index (χ2n) is 5.52. The fourth-order valence-electron chi connectivity index (χ4n) is 3.13. The van der Waals surface area contributed by atoms with Crippen molar-refractivity contribution < 1.29 is 0 Å². The molecule has 2 aliphatic rings. The first-order valence-corrected chi connectivity index (χ1v) is 7.51. The maximum absolute atomic E-state index is 5.48. The number of para-hydroxylation sites is 1. The molecule has 0 atom stereocenters. The lowest BCUT2D eigenvalue weighted by atomic mass is 10.2. The molecule has 0 spiro atoms. The molecule has 102 valence electrons. The Morgan fingerprint density at radius 3 is 2.68 bits per heavy atom. The molecular formula is C15H21N3S. The molecule has 0 unspecified atom stereocenters. The number of nitrogens with zero attached hydrogens (tertiary/aromatic N) is 2. The van der Waals surface area contributed by atoms with E-state index in [1.165, 1.54) is 36.9 Å². The van der Waals surface area contributed by atoms with Gasteiger partial charge in [-0.05, 0) is 43.6 Å². The van der Waals surface area contributed by atoms with Gasteiger partial charge in [0, 0.05) is 11.7 Å². The van der Waals surface area contributed by atoms with Crippen LogP contribution in [0.5, 0.6) is 0 Å². The standard InChI is InChI=1S/C15H21N3S/c1-12-6-2-5-9-14(12)18-11-17(10-16-15(18)19)13-7-3-4-8-13/h2,5-6,9,13H,3-4,7-8,10-11H2,1H3,(H,16,19). The van der Waals surface area contributed by atoms with Crippen LogP contribution in [-0.4, -0.2) is 29.4 Å². The molecule has 2 fully saturated rings. The number of hydrogen-bond donors (Lipinski definition) is 1. The molecule has 3 rings (SSSR count). The Kier molecular flexibility index (Phi) is 3.71. The number of benzene rings is 1. The lowest BCUT2D eigenvalue weighted by Crippen LogP contribution is -2.58. The van der Waals surface area contributed by atoms with Crippen LogP contribution in [0.1, 0.15) is 31.2 Å². The highest BCUT2D eigenvalue weighted by atomic mass is 32.1. The zero-order valence-electron chi connectivity index (χ0n) is 11.4. The third kappa shape index (κ3) is 2.60. The third-order valence-electron chi connectivity index (χ3n) is 4.25. The minimum Gasteiger partial charge on any atom is -0.349 e. The van der Waals surface area contributed by atoms with Gasteiger partial charge in [-0.3, -0.25) is 4.90 Å². The van der Waals surface area contributed by atoms with Crippen LogP contribution in [0.4, 0.5) is 5.69 Å². The maximum Gasteiger partial charge on any atom is 0.175 e. The van der Waals surface area contributed by atoms with Crippen LogP contribution >= 0.6 is 12.2 Å². The Hall–Kier alpha value is -1.13. The smallest absolute Gasteiger partial charge is 0.175 e. The van der Waals surface area contributed by atoms with Crippen molar-refractivity contribution in [3.05, 3.63) is 29.8 Å². The Labute approximate surface area is 120 Å². The van der Waals surface area contributed by atoms with Crippen LogP contribution in [0, 0.1) is 6.92 Å². The first-order chi connectivity index (χ1) is 9.25. The highest BCUT2D eigenvalue weighted by molar-refractivity contribution is 7.80. The highest BCUT2D eigenvalue weighted by Gasteiger charge is 2.29. The van der Waals surface area contributed by atoms with Crippen molar-refractivity contribution in [3.63, 3.8) is 0 Å². The number of nitrogens with one attached hydrogen (secondary N) is 1. The molecule has 1 saturated heterocycles. The molecule has 1 aliphatic carbocycles. The Morgan fingerprint density at radius 1 is 1.21 bits per heavy atom. The van der Waals surface area contributed by atoms with Crippen molar-refractivity contribution in [2.45, 2.75) is 38.6 Å². The molecule has 1 saturated carbocycles. The number of hydrogen-bond acceptors (Lipinski definition) is 2. The fraction of sp³-hybridized carbons (Fsp3) is 0.533. The van der Waals surface area contributed by atoms with Crippen LogP contribution in [0.25, 0.3) is 0 Å². The van der Waals surface area contributed by atoms with Gasteiger partial charge in [-0.15, -0.1) is 0 Å². The summed E-state index contributed by atoms with van der Waals surface area (Å²) >= 11 is 5.48. The zero-order chi connectivity index (χ0) is 13.2. The van der Waals surface area contributed by atoms with E-state index in [0.717, 1.165) is 24.5 Å². The summed E-state index contributed by atoms with van der Waals surface area (Å²) in [5, 5.41) is 4.22. The summed E-state index contributed by atoms with van der Waals surface area (Å²) in [6.07, 6.45) is 5.40. The van der Waals surface area contributed by atoms with E-state index < -0.39 is 0 Å². The van der Waals surface area contributed by atoms with Gasteiger partial charge < -0.3 is 10.2 Å². The average Bonchev–Trinajstić information content (AvgIpc) is 2.94. The van der Waals surface area contributed by atoms with Crippen molar-refractivity contribution in [1.82, 2.24) is 10.2 Å². The van der Waals surface area contributed by atoms with Gasteiger partial charge in [0.05, 0.1) is 13.3 Å². The van der Waals surface area contributed by atoms with Crippen molar-refractivity contribution in [2.75, 3.05) is 18.2 Å². The second kappa shape index (κ2) is 5.47. The summed E-state index contributed by atoms with van der Waals surface area (Å²) in [6.45, 7) is 3.96. The first-order valence-electron chi connectivity index (χ1n) is 7.11. The van der Waals surface area contributed by atoms with Crippen LogP contribution in [0.15, 0.2) is 24.3 Å². The van der Waals surface area contributed by atoms with Gasteiger partial charge in [0.15, 0.2) is 5.11 Å². The van der Waals surface area contributed by atoms with Crippen molar-refractivity contribution in [3.8, 4) is 0 Å². The molecule has 0 amide bonds. The second-order valence-corrected chi connectivity index (χ2v) is 5.91. The predicted octanol–water partition coefficient (Wildman–Crippen LogP) is 2.85. The summed E-state index contributed by atoms with van der Waals surface area (Å²) in [7, 11) is 0. The van der Waals surface area contributed by atoms with E-state index in [0.29, 0.717) is 0 Å². The first kappa shape index (κ1) is 12.9. The number of aryl methyl sites for hydroxylation is 1. The molecule has 4 heteroatoms. The Balaban J connectivity index is 1.79. The van der Waals surface area contributed by atoms with E-state index in [1.54, 1.807) is 0 Å². The molecule has 0 aromatic heterocycles. The SMILES string of the molecule is Cc1ccccc1N1CN(C2CCCC2)CNC1=S. The van der Waals surface area contributed by atoms with Crippen LogP contribution in [0.3, 0.4) is 0 Å². The van der Waals surface area contributed by atoms with Gasteiger partial charge in [-0.25, -0.2) is 0 Å². The third-order valence-corrected chi connectivity index (χ3v) is 4.61. The molecular weight excluding hydrogens is 254 g/mol. The van der Waals surface area contributed by atoms with E-state index in [1.807, 2.05) is 0 Å². The minimum atomic E-state index is 0.724. The van der Waals surface area contributed by atoms with Crippen molar-refractivity contribution >= 4 is 23.0 Å². The van der Waals surface area contributed by atoms with Gasteiger partial charge in [-0.1, -0.05) is 31.0 Å². The van der Waals surface area contributed by atoms with Gasteiger partial charge in [-0.2, -0.15) is 0 Å². The lowest BCUT2D eigenvalue weighted by molar-refractivity contribution is 0.188. The predicted molar refractivity (Wildman–Crippen MR) is 83.2 cm³/mol. The number of thiocarbonyl (C=S) groups is 1. The molecule has 1 aromatic carbocycles. The van der Waals surface area contributed by atoms with E-state index in [-0.39, 0.29) is 0 Å². The van der Waals surface area contributed by atoms with Gasteiger partial charge in [0.1, 0.15) is 0 Å². The van der Waals surface area contributed by atoms with Crippen LogP contribution < -0.4 is 10.2 Å². The van der Waals surface area contributed by atoms with E-state index in [4.69, 9.17) is 12.2 Å². The van der Waals surface area contributed by atoms with Gasteiger partial charge in [0.2, 0.25) is 0 Å². The highest BCUT2D eigenvalue weighted by Crippen LogP contribution is 2.27. The molecule has 1 heterocycles. The molecule has 1 aromatic rings. The topological polar surface area (TPSA) is 18.5 Å². The number of anilines is 1. The van der Waals surface area contributed by atoms with Crippen molar-refractivity contribution in [1.29, 1.82) is 0 Å². The quantitative estimate of drug-likeness (QED) is 0.836. The summed E-state index contributed by atoms with van der Waals surface area (Å²) in [4.78, 5) is 4.75. The lowest BCUT2D eigenvalue weighted by Gasteiger charge is -2.41. The van der Waals surface area contributed by atoms with E-state index in [9.17, 15) is 0 Å². The largest absolute Gasteiger partial charge is 0.349 e.